The summed E-state index contributed by atoms with van der Waals surface area (Å²) in [6.45, 7) is 0.0964. The molecule has 2 aromatic carbocycles. The average Bonchev–Trinajstić information content (AvgIpc) is 3.36. The first-order chi connectivity index (χ1) is 15.0. The van der Waals surface area contributed by atoms with Crippen molar-refractivity contribution < 1.29 is 29.3 Å². The summed E-state index contributed by atoms with van der Waals surface area (Å²) >= 11 is 0. The summed E-state index contributed by atoms with van der Waals surface area (Å²) in [5.41, 5.74) is 1.11. The van der Waals surface area contributed by atoms with Gasteiger partial charge in [0, 0.05) is 11.6 Å². The molecule has 0 radical (unpaired) electrons. The third-order valence-electron chi connectivity index (χ3n) is 6.30. The number of fused-ring (bicyclic) bond motifs is 1. The van der Waals surface area contributed by atoms with Crippen LogP contribution in [-0.4, -0.2) is 39.6 Å². The maximum Gasteiger partial charge on any atom is 0.295 e. The van der Waals surface area contributed by atoms with Crippen LogP contribution in [0.25, 0.3) is 5.76 Å². The van der Waals surface area contributed by atoms with E-state index < -0.39 is 17.7 Å². The standard InChI is InChI=1S/C24H23NO6/c26-17-9-6-14(7-10-17)21-20(22(27)15-8-11-18-19(12-15)31-13-30-18)23(28)24(29)25(21)16-4-2-1-3-5-16/h6-12,16,21,26-27H,1-5,13H2/b22-20-. The second kappa shape index (κ2) is 7.65. The van der Waals surface area contributed by atoms with Crippen molar-refractivity contribution >= 4 is 17.4 Å². The Hall–Kier alpha value is -3.48. The summed E-state index contributed by atoms with van der Waals surface area (Å²) in [4.78, 5) is 27.9. The number of phenols is 1. The summed E-state index contributed by atoms with van der Waals surface area (Å²) in [5.74, 6) is -0.394. The van der Waals surface area contributed by atoms with Gasteiger partial charge < -0.3 is 24.6 Å². The maximum atomic E-state index is 13.1. The number of phenolic OH excluding ortho intramolecular Hbond substituents is 1. The molecular weight excluding hydrogens is 398 g/mol. The van der Waals surface area contributed by atoms with Crippen molar-refractivity contribution in [2.24, 2.45) is 0 Å². The normalized spacial score (nSPS) is 22.8. The van der Waals surface area contributed by atoms with Crippen LogP contribution in [0.1, 0.15) is 49.3 Å². The number of nitrogens with zero attached hydrogens (tertiary/aromatic N) is 1. The Morgan fingerprint density at radius 3 is 2.39 bits per heavy atom. The Kier molecular flexibility index (Phi) is 4.81. The van der Waals surface area contributed by atoms with Crippen LogP contribution in [0.5, 0.6) is 17.2 Å². The van der Waals surface area contributed by atoms with E-state index in [1.54, 1.807) is 35.2 Å². The van der Waals surface area contributed by atoms with Gasteiger partial charge in [0.05, 0.1) is 11.6 Å². The van der Waals surface area contributed by atoms with Gasteiger partial charge >= 0.3 is 0 Å². The van der Waals surface area contributed by atoms with Crippen molar-refractivity contribution in [2.75, 3.05) is 6.79 Å². The van der Waals surface area contributed by atoms with Crippen LogP contribution in [0.3, 0.4) is 0 Å². The molecule has 3 aliphatic rings. The molecule has 1 unspecified atom stereocenters. The van der Waals surface area contributed by atoms with Crippen molar-refractivity contribution in [3.63, 3.8) is 0 Å². The Balaban J connectivity index is 1.64. The number of aliphatic hydroxyl groups excluding tert-OH is 1. The topological polar surface area (TPSA) is 96.3 Å². The zero-order chi connectivity index (χ0) is 21.5. The molecule has 160 valence electrons. The highest BCUT2D eigenvalue weighted by molar-refractivity contribution is 6.46. The van der Waals surface area contributed by atoms with Gasteiger partial charge in [-0.25, -0.2) is 0 Å². The summed E-state index contributed by atoms with van der Waals surface area (Å²) in [6, 6.07) is 10.6. The van der Waals surface area contributed by atoms with E-state index in [0.717, 1.165) is 32.1 Å². The maximum absolute atomic E-state index is 13.1. The fourth-order valence-corrected chi connectivity index (χ4v) is 4.77. The molecule has 0 aromatic heterocycles. The molecule has 7 nitrogen and oxygen atoms in total. The van der Waals surface area contributed by atoms with Crippen LogP contribution >= 0.6 is 0 Å². The van der Waals surface area contributed by atoms with Crippen LogP contribution in [0.4, 0.5) is 0 Å². The number of Topliss-reactive ketones (excluding diaryl/α,β-unsaturated/α-hetero) is 1. The van der Waals surface area contributed by atoms with Crippen LogP contribution in [0, 0.1) is 0 Å². The molecule has 0 spiro atoms. The fraction of sp³-hybridized carbons (Fsp3) is 0.333. The first-order valence-corrected chi connectivity index (χ1v) is 10.5. The van der Waals surface area contributed by atoms with E-state index in [1.807, 2.05) is 0 Å². The minimum atomic E-state index is -0.714. The Morgan fingerprint density at radius 1 is 0.935 bits per heavy atom. The number of ketones is 1. The zero-order valence-electron chi connectivity index (χ0n) is 16.9. The average molecular weight is 421 g/mol. The number of aromatic hydroxyl groups is 1. The lowest BCUT2D eigenvalue weighted by molar-refractivity contribution is -0.141. The van der Waals surface area contributed by atoms with E-state index in [1.165, 1.54) is 12.1 Å². The Bertz CT molecular complexity index is 1070. The largest absolute Gasteiger partial charge is 0.508 e. The van der Waals surface area contributed by atoms with E-state index in [9.17, 15) is 19.8 Å². The molecule has 31 heavy (non-hydrogen) atoms. The van der Waals surface area contributed by atoms with E-state index in [2.05, 4.69) is 0 Å². The number of carbonyl (C=O) groups excluding carboxylic acids is 2. The molecule has 5 rings (SSSR count). The van der Waals surface area contributed by atoms with E-state index >= 15 is 0 Å². The van der Waals surface area contributed by atoms with Crippen molar-refractivity contribution in [1.29, 1.82) is 0 Å². The van der Waals surface area contributed by atoms with Gasteiger partial charge in [0.15, 0.2) is 11.5 Å². The second-order valence-corrected chi connectivity index (χ2v) is 8.16. The van der Waals surface area contributed by atoms with E-state index in [0.29, 0.717) is 22.6 Å². The third kappa shape index (κ3) is 3.30. The van der Waals surface area contributed by atoms with Crippen LogP contribution in [-0.2, 0) is 9.59 Å². The molecule has 2 aromatic rings. The molecule has 2 aliphatic heterocycles. The molecule has 2 fully saturated rings. The number of ether oxygens (including phenoxy) is 2. The summed E-state index contributed by atoms with van der Waals surface area (Å²) < 4.78 is 10.7. The number of hydrogen-bond donors (Lipinski definition) is 2. The Labute approximate surface area is 179 Å². The Morgan fingerprint density at radius 2 is 1.65 bits per heavy atom. The molecule has 7 heteroatoms. The lowest BCUT2D eigenvalue weighted by atomic mass is 9.91. The number of likely N-dealkylation sites (tertiary alicyclic amines) is 1. The molecule has 1 amide bonds. The van der Waals surface area contributed by atoms with Crippen molar-refractivity contribution in [3.05, 3.63) is 59.2 Å². The van der Waals surface area contributed by atoms with Gasteiger partial charge in [-0.1, -0.05) is 31.4 Å². The van der Waals surface area contributed by atoms with Gasteiger partial charge in [-0.3, -0.25) is 9.59 Å². The second-order valence-electron chi connectivity index (χ2n) is 8.16. The van der Waals surface area contributed by atoms with Crippen molar-refractivity contribution in [2.45, 2.75) is 44.2 Å². The van der Waals surface area contributed by atoms with Gasteiger partial charge in [-0.15, -0.1) is 0 Å². The highest BCUT2D eigenvalue weighted by atomic mass is 16.7. The molecule has 1 saturated heterocycles. The van der Waals surface area contributed by atoms with Gasteiger partial charge in [-0.2, -0.15) is 0 Å². The fourth-order valence-electron chi connectivity index (χ4n) is 4.77. The van der Waals surface area contributed by atoms with E-state index in [-0.39, 0.29) is 29.9 Å². The molecule has 1 atom stereocenters. The minimum absolute atomic E-state index is 0.0557. The van der Waals surface area contributed by atoms with Gasteiger partial charge in [0.2, 0.25) is 6.79 Å². The molecule has 2 heterocycles. The highest BCUT2D eigenvalue weighted by Gasteiger charge is 2.48. The summed E-state index contributed by atoms with van der Waals surface area (Å²) in [6.07, 6.45) is 4.76. The third-order valence-corrected chi connectivity index (χ3v) is 6.30. The van der Waals surface area contributed by atoms with Crippen LogP contribution in [0.2, 0.25) is 0 Å². The quantitative estimate of drug-likeness (QED) is 0.444. The zero-order valence-corrected chi connectivity index (χ0v) is 16.9. The first-order valence-electron chi connectivity index (χ1n) is 10.5. The first kappa shape index (κ1) is 19.5. The number of carbonyl (C=O) groups is 2. The molecule has 1 aliphatic carbocycles. The predicted octanol–water partition coefficient (Wildman–Crippen LogP) is 3.88. The minimum Gasteiger partial charge on any atom is -0.508 e. The van der Waals surface area contributed by atoms with Gasteiger partial charge in [0.1, 0.15) is 11.5 Å². The SMILES string of the molecule is O=C1C(=O)N(C2CCCCC2)C(c2ccc(O)cc2)/C1=C(/O)c1ccc2c(c1)OCO2. The summed E-state index contributed by atoms with van der Waals surface area (Å²) in [7, 11) is 0. The number of amides is 1. The number of aliphatic hydroxyl groups is 1. The van der Waals surface area contributed by atoms with Crippen molar-refractivity contribution in [3.8, 4) is 17.2 Å². The predicted molar refractivity (Wildman–Crippen MR) is 112 cm³/mol. The van der Waals surface area contributed by atoms with Crippen molar-refractivity contribution in [1.82, 2.24) is 4.90 Å². The van der Waals surface area contributed by atoms with E-state index in [4.69, 9.17) is 9.47 Å². The summed E-state index contributed by atoms with van der Waals surface area (Å²) in [5, 5.41) is 20.9. The highest BCUT2D eigenvalue weighted by Crippen LogP contribution is 2.44. The smallest absolute Gasteiger partial charge is 0.295 e. The van der Waals surface area contributed by atoms with Crippen LogP contribution in [0.15, 0.2) is 48.0 Å². The number of rotatable bonds is 3. The lowest BCUT2D eigenvalue weighted by Crippen LogP contribution is -2.40. The molecule has 2 N–H and O–H groups in total. The van der Waals surface area contributed by atoms with Gasteiger partial charge in [0.25, 0.3) is 11.7 Å². The molecule has 0 bridgehead atoms. The number of hydrogen-bond acceptors (Lipinski definition) is 6. The van der Waals surface area contributed by atoms with Crippen LogP contribution < -0.4 is 9.47 Å². The molecular formula is C24H23NO6. The monoisotopic (exact) mass is 421 g/mol. The van der Waals surface area contributed by atoms with Gasteiger partial charge in [-0.05, 0) is 48.7 Å². The number of benzene rings is 2. The molecule has 1 saturated carbocycles. The lowest BCUT2D eigenvalue weighted by Gasteiger charge is -2.35.